The molecule has 2 heterocycles. The number of nitrogens with one attached hydrogen (secondary N) is 2. The number of unbranched alkanes of at least 4 members (excludes halogenated alkanes) is 1. The van der Waals surface area contributed by atoms with E-state index in [-0.39, 0.29) is 40.9 Å². The Morgan fingerprint density at radius 3 is 2.47 bits per heavy atom. The van der Waals surface area contributed by atoms with Gasteiger partial charge < -0.3 is 15.5 Å². The Labute approximate surface area is 182 Å². The van der Waals surface area contributed by atoms with Crippen LogP contribution < -0.4 is 10.6 Å². The van der Waals surface area contributed by atoms with Gasteiger partial charge in [0.05, 0.1) is 17.5 Å². The van der Waals surface area contributed by atoms with E-state index in [4.69, 9.17) is 0 Å². The van der Waals surface area contributed by atoms with Gasteiger partial charge in [-0.25, -0.2) is 4.98 Å². The zero-order valence-electron chi connectivity index (χ0n) is 17.7. The maximum Gasteiger partial charge on any atom is 0.230 e. The molecule has 3 fully saturated rings. The molecule has 4 atom stereocenters. The van der Waals surface area contributed by atoms with Gasteiger partial charge in [0.15, 0.2) is 5.13 Å². The lowest BCUT2D eigenvalue weighted by Gasteiger charge is -2.26. The highest BCUT2D eigenvalue weighted by Gasteiger charge is 2.69. The van der Waals surface area contributed by atoms with Crippen LogP contribution in [0.25, 0.3) is 0 Å². The van der Waals surface area contributed by atoms with Gasteiger partial charge in [0, 0.05) is 11.9 Å². The molecule has 0 aromatic carbocycles. The minimum atomic E-state index is -0.281. The van der Waals surface area contributed by atoms with E-state index in [1.165, 1.54) is 37.3 Å². The molecule has 7 heteroatoms. The minimum Gasteiger partial charge on any atom is -0.356 e. The van der Waals surface area contributed by atoms with Crippen molar-refractivity contribution < 1.29 is 9.59 Å². The number of carbonyl (C=O) groups is 2. The van der Waals surface area contributed by atoms with E-state index in [1.807, 2.05) is 12.3 Å². The Kier molecular flexibility index (Phi) is 5.44. The summed E-state index contributed by atoms with van der Waals surface area (Å²) in [4.78, 5) is 33.3. The van der Waals surface area contributed by atoms with Gasteiger partial charge in [-0.15, -0.1) is 11.3 Å². The molecule has 0 unspecified atom stereocenters. The second-order valence-electron chi connectivity index (χ2n) is 9.55. The third kappa shape index (κ3) is 3.60. The van der Waals surface area contributed by atoms with Crippen molar-refractivity contribution in [3.05, 3.63) is 23.2 Å². The number of allylic oxidation sites excluding steroid dienone is 2. The summed E-state index contributed by atoms with van der Waals surface area (Å²) in [5.41, 5.74) is 1.07. The third-order valence-electron chi connectivity index (χ3n) is 7.70. The van der Waals surface area contributed by atoms with Crippen LogP contribution in [0.4, 0.5) is 5.13 Å². The Bertz CT molecular complexity index is 840. The van der Waals surface area contributed by atoms with Crippen molar-refractivity contribution in [2.75, 3.05) is 31.5 Å². The predicted octanol–water partition coefficient (Wildman–Crippen LogP) is 3.21. The van der Waals surface area contributed by atoms with Crippen LogP contribution in [0.3, 0.4) is 0 Å². The number of amides is 2. The molecule has 2 N–H and O–H groups in total. The average molecular weight is 429 g/mol. The molecule has 1 spiro atoms. The number of thiazole rings is 1. The van der Waals surface area contributed by atoms with Crippen LogP contribution >= 0.6 is 11.3 Å². The Hall–Kier alpha value is -1.73. The first kappa shape index (κ1) is 20.2. The third-order valence-corrected chi connectivity index (χ3v) is 8.57. The molecule has 1 saturated heterocycles. The highest BCUT2D eigenvalue weighted by atomic mass is 32.1. The number of carbonyl (C=O) groups excluding carboxylic acids is 2. The maximum absolute atomic E-state index is 13.2. The van der Waals surface area contributed by atoms with E-state index in [0.717, 1.165) is 37.9 Å². The van der Waals surface area contributed by atoms with Crippen LogP contribution in [-0.4, -0.2) is 47.9 Å². The lowest BCUT2D eigenvalue weighted by Crippen LogP contribution is -2.42. The molecule has 0 radical (unpaired) electrons. The summed E-state index contributed by atoms with van der Waals surface area (Å²) in [6, 6.07) is 0. The summed E-state index contributed by atoms with van der Waals surface area (Å²) in [6.07, 6.45) is 11.4. The SMILES string of the molecule is Cc1csc(NC(=O)[C@H]2[C@H](C(=O)NCCCCN3CCCC3)[C@H]3C=C[C@@H]2C32CC2)n1. The number of likely N-dealkylation sites (tertiary alicyclic amines) is 1. The van der Waals surface area contributed by atoms with Crippen molar-refractivity contribution in [1.82, 2.24) is 15.2 Å². The molecule has 30 heavy (non-hydrogen) atoms. The second kappa shape index (κ2) is 8.08. The molecule has 162 valence electrons. The van der Waals surface area contributed by atoms with Gasteiger partial charge >= 0.3 is 0 Å². The van der Waals surface area contributed by atoms with E-state index in [2.05, 4.69) is 32.7 Å². The summed E-state index contributed by atoms with van der Waals surface area (Å²) in [5, 5.41) is 8.74. The molecular formula is C23H32N4O2S. The summed E-state index contributed by atoms with van der Waals surface area (Å²) in [7, 11) is 0. The van der Waals surface area contributed by atoms with Gasteiger partial charge in [0.1, 0.15) is 0 Å². The maximum atomic E-state index is 13.2. The fourth-order valence-corrected chi connectivity index (χ4v) is 6.80. The summed E-state index contributed by atoms with van der Waals surface area (Å²) >= 11 is 1.45. The summed E-state index contributed by atoms with van der Waals surface area (Å²) in [6.45, 7) is 6.21. The van der Waals surface area contributed by atoms with Crippen molar-refractivity contribution in [2.45, 2.75) is 45.4 Å². The first-order valence-electron chi connectivity index (χ1n) is 11.5. The number of aryl methyl sites for hydroxylation is 1. The largest absolute Gasteiger partial charge is 0.356 e. The first-order chi connectivity index (χ1) is 14.6. The van der Waals surface area contributed by atoms with Crippen molar-refractivity contribution >= 4 is 28.3 Å². The van der Waals surface area contributed by atoms with Crippen LogP contribution in [0, 0.1) is 36.0 Å². The molecule has 3 aliphatic carbocycles. The quantitative estimate of drug-likeness (QED) is 0.493. The molecule has 1 aromatic heterocycles. The minimum absolute atomic E-state index is 0.0401. The van der Waals surface area contributed by atoms with Crippen LogP contribution in [0.1, 0.15) is 44.2 Å². The molecule has 1 aromatic rings. The molecule has 5 rings (SSSR count). The van der Waals surface area contributed by atoms with Crippen LogP contribution in [0.5, 0.6) is 0 Å². The fraction of sp³-hybridized carbons (Fsp3) is 0.696. The van der Waals surface area contributed by atoms with Crippen molar-refractivity contribution in [1.29, 1.82) is 0 Å². The van der Waals surface area contributed by atoms with Gasteiger partial charge in [-0.1, -0.05) is 12.2 Å². The number of aromatic nitrogens is 1. The van der Waals surface area contributed by atoms with Gasteiger partial charge in [-0.05, 0) is 82.3 Å². The molecular weight excluding hydrogens is 396 g/mol. The number of hydrogen-bond acceptors (Lipinski definition) is 5. The monoisotopic (exact) mass is 428 g/mol. The standard InChI is InChI=1S/C23H32N4O2S/c1-15-14-30-22(25-15)26-21(29)19-17-7-6-16(23(17)8-9-23)18(19)20(28)24-10-2-3-11-27-12-4-5-13-27/h6-7,14,16-19H,2-5,8-13H2,1H3,(H,24,28)(H,25,26,29)/t16-,17+,18-,19-/m1/s1. The zero-order chi connectivity index (χ0) is 20.7. The highest BCUT2D eigenvalue weighted by Crippen LogP contribution is 2.72. The number of nitrogens with zero attached hydrogens (tertiary/aromatic N) is 2. The predicted molar refractivity (Wildman–Crippen MR) is 118 cm³/mol. The Morgan fingerprint density at radius 1 is 1.13 bits per heavy atom. The summed E-state index contributed by atoms with van der Waals surface area (Å²) < 4.78 is 0. The lowest BCUT2D eigenvalue weighted by molar-refractivity contribution is -0.132. The second-order valence-corrected chi connectivity index (χ2v) is 10.4. The van der Waals surface area contributed by atoms with E-state index < -0.39 is 0 Å². The number of hydrogen-bond donors (Lipinski definition) is 2. The number of rotatable bonds is 8. The van der Waals surface area contributed by atoms with E-state index in [1.54, 1.807) is 0 Å². The van der Waals surface area contributed by atoms with Gasteiger partial charge in [-0.3, -0.25) is 9.59 Å². The van der Waals surface area contributed by atoms with E-state index in [9.17, 15) is 9.59 Å². The molecule has 1 aliphatic heterocycles. The molecule has 2 saturated carbocycles. The van der Waals surface area contributed by atoms with Crippen molar-refractivity contribution in [3.63, 3.8) is 0 Å². The normalized spacial score (nSPS) is 30.8. The van der Waals surface area contributed by atoms with Crippen molar-refractivity contribution in [2.24, 2.45) is 29.1 Å². The molecule has 2 bridgehead atoms. The lowest BCUT2D eigenvalue weighted by atomic mass is 9.81. The van der Waals surface area contributed by atoms with E-state index in [0.29, 0.717) is 11.7 Å². The average Bonchev–Trinajstić information content (AvgIpc) is 3.02. The smallest absolute Gasteiger partial charge is 0.230 e. The van der Waals surface area contributed by atoms with Gasteiger partial charge in [-0.2, -0.15) is 0 Å². The first-order valence-corrected chi connectivity index (χ1v) is 12.4. The van der Waals surface area contributed by atoms with E-state index >= 15 is 0 Å². The molecule has 2 amide bonds. The van der Waals surface area contributed by atoms with Gasteiger partial charge in [0.25, 0.3) is 0 Å². The topological polar surface area (TPSA) is 74.3 Å². The highest BCUT2D eigenvalue weighted by molar-refractivity contribution is 7.13. The fourth-order valence-electron chi connectivity index (χ4n) is 6.11. The number of anilines is 1. The summed E-state index contributed by atoms with van der Waals surface area (Å²) in [5.74, 6) is -0.106. The Morgan fingerprint density at radius 2 is 1.83 bits per heavy atom. The molecule has 6 nitrogen and oxygen atoms in total. The van der Waals surface area contributed by atoms with Crippen LogP contribution in [-0.2, 0) is 9.59 Å². The van der Waals surface area contributed by atoms with Crippen LogP contribution in [0.2, 0.25) is 0 Å². The molecule has 4 aliphatic rings. The Balaban J connectivity index is 1.20. The van der Waals surface area contributed by atoms with Crippen LogP contribution in [0.15, 0.2) is 17.5 Å². The zero-order valence-corrected chi connectivity index (χ0v) is 18.5. The van der Waals surface area contributed by atoms with Gasteiger partial charge in [0.2, 0.25) is 11.8 Å². The van der Waals surface area contributed by atoms with Crippen molar-refractivity contribution in [3.8, 4) is 0 Å².